The first kappa shape index (κ1) is 12.2. The molecule has 2 aromatic heterocycles. The van der Waals surface area contributed by atoms with E-state index in [4.69, 9.17) is 21.8 Å². The Morgan fingerprint density at radius 2 is 2.11 bits per heavy atom. The monoisotopic (exact) mass is 272 g/mol. The van der Waals surface area contributed by atoms with Crippen LogP contribution in [0.15, 0.2) is 47.0 Å². The molecule has 1 atom stereocenters. The molecule has 4 heteroatoms. The van der Waals surface area contributed by atoms with Crippen LogP contribution in [0.3, 0.4) is 0 Å². The molecule has 0 aliphatic carbocycles. The zero-order valence-electron chi connectivity index (χ0n) is 10.4. The molecule has 2 heterocycles. The minimum Gasteiger partial charge on any atom is -0.459 e. The number of pyridine rings is 1. The number of nitrogens with two attached hydrogens (primary N) is 1. The van der Waals surface area contributed by atoms with Gasteiger partial charge in [0, 0.05) is 11.6 Å². The van der Waals surface area contributed by atoms with Crippen molar-refractivity contribution in [2.75, 3.05) is 0 Å². The molecule has 1 aromatic carbocycles. The summed E-state index contributed by atoms with van der Waals surface area (Å²) in [5.74, 6) is 0.708. The van der Waals surface area contributed by atoms with Crippen LogP contribution < -0.4 is 5.73 Å². The van der Waals surface area contributed by atoms with Gasteiger partial charge in [0.05, 0.1) is 10.7 Å². The highest BCUT2D eigenvalue weighted by atomic mass is 35.5. The zero-order chi connectivity index (χ0) is 13.4. The van der Waals surface area contributed by atoms with Gasteiger partial charge in [-0.1, -0.05) is 29.8 Å². The summed E-state index contributed by atoms with van der Waals surface area (Å²) < 4.78 is 5.85. The van der Waals surface area contributed by atoms with E-state index >= 15 is 0 Å². The Morgan fingerprint density at radius 1 is 1.26 bits per heavy atom. The van der Waals surface area contributed by atoms with E-state index in [-0.39, 0.29) is 6.04 Å². The standard InChI is InChI=1S/C15H13ClN2O/c1-9-3-2-4-10-7-13(19-15(9)10)14(17)12-6-5-11(16)8-18-12/h2-8,14H,17H2,1H3. The number of hydrogen-bond acceptors (Lipinski definition) is 3. The highest BCUT2D eigenvalue weighted by molar-refractivity contribution is 6.30. The lowest BCUT2D eigenvalue weighted by Gasteiger charge is -2.07. The maximum atomic E-state index is 6.18. The Kier molecular flexibility index (Phi) is 3.01. The molecule has 19 heavy (non-hydrogen) atoms. The van der Waals surface area contributed by atoms with Crippen LogP contribution in [0.25, 0.3) is 11.0 Å². The molecule has 0 saturated carbocycles. The SMILES string of the molecule is Cc1cccc2cc(C(N)c3ccc(Cl)cn3)oc12. The van der Waals surface area contributed by atoms with Gasteiger partial charge in [-0.3, -0.25) is 4.98 Å². The van der Waals surface area contributed by atoms with E-state index in [1.807, 2.05) is 37.3 Å². The number of halogens is 1. The summed E-state index contributed by atoms with van der Waals surface area (Å²) in [5, 5.41) is 1.65. The average Bonchev–Trinajstić information content (AvgIpc) is 2.84. The topological polar surface area (TPSA) is 52.0 Å². The van der Waals surface area contributed by atoms with E-state index in [1.165, 1.54) is 0 Å². The second kappa shape index (κ2) is 4.68. The minimum absolute atomic E-state index is 0.385. The third-order valence-electron chi connectivity index (χ3n) is 3.14. The van der Waals surface area contributed by atoms with E-state index < -0.39 is 0 Å². The second-order valence-corrected chi connectivity index (χ2v) is 4.96. The first-order valence-corrected chi connectivity index (χ1v) is 6.39. The summed E-state index contributed by atoms with van der Waals surface area (Å²) in [4.78, 5) is 4.23. The van der Waals surface area contributed by atoms with Gasteiger partial charge in [0.1, 0.15) is 17.4 Å². The van der Waals surface area contributed by atoms with Crippen LogP contribution in [0, 0.1) is 6.92 Å². The van der Waals surface area contributed by atoms with Crippen molar-refractivity contribution in [3.63, 3.8) is 0 Å². The molecule has 0 radical (unpaired) electrons. The average molecular weight is 273 g/mol. The Balaban J connectivity index is 2.04. The van der Waals surface area contributed by atoms with Crippen molar-refractivity contribution < 1.29 is 4.42 Å². The molecule has 0 spiro atoms. The van der Waals surface area contributed by atoms with Gasteiger partial charge in [0.2, 0.25) is 0 Å². The maximum absolute atomic E-state index is 6.18. The number of fused-ring (bicyclic) bond motifs is 1. The molecule has 96 valence electrons. The first-order valence-electron chi connectivity index (χ1n) is 6.01. The summed E-state index contributed by atoms with van der Waals surface area (Å²) in [6, 6.07) is 11.2. The lowest BCUT2D eigenvalue weighted by molar-refractivity contribution is 0.519. The molecule has 0 fully saturated rings. The first-order chi connectivity index (χ1) is 9.15. The number of rotatable bonds is 2. The Labute approximate surface area is 116 Å². The molecule has 3 nitrogen and oxygen atoms in total. The molecule has 1 unspecified atom stereocenters. The third kappa shape index (κ3) is 2.23. The molecular weight excluding hydrogens is 260 g/mol. The third-order valence-corrected chi connectivity index (χ3v) is 3.36. The van der Waals surface area contributed by atoms with Gasteiger partial charge in [-0.15, -0.1) is 0 Å². The van der Waals surface area contributed by atoms with Gasteiger partial charge < -0.3 is 10.2 Å². The van der Waals surface area contributed by atoms with E-state index in [2.05, 4.69) is 4.98 Å². The van der Waals surface area contributed by atoms with Crippen molar-refractivity contribution >= 4 is 22.6 Å². The maximum Gasteiger partial charge on any atom is 0.137 e. The number of aromatic nitrogens is 1. The number of nitrogens with zero attached hydrogens (tertiary/aromatic N) is 1. The summed E-state index contributed by atoms with van der Waals surface area (Å²) >= 11 is 5.82. The predicted molar refractivity (Wildman–Crippen MR) is 76.2 cm³/mol. The number of aryl methyl sites for hydroxylation is 1. The summed E-state index contributed by atoms with van der Waals surface area (Å²) in [7, 11) is 0. The van der Waals surface area contributed by atoms with Crippen LogP contribution in [0.2, 0.25) is 5.02 Å². The molecule has 0 amide bonds. The number of para-hydroxylation sites is 1. The lowest BCUT2D eigenvalue weighted by Crippen LogP contribution is -2.12. The van der Waals surface area contributed by atoms with Gasteiger partial charge in [-0.05, 0) is 30.7 Å². The van der Waals surface area contributed by atoms with Crippen LogP contribution in [0.4, 0.5) is 0 Å². The van der Waals surface area contributed by atoms with Crippen molar-refractivity contribution in [3.8, 4) is 0 Å². The molecule has 0 aliphatic rings. The Morgan fingerprint density at radius 3 is 2.79 bits per heavy atom. The van der Waals surface area contributed by atoms with Crippen LogP contribution in [0.5, 0.6) is 0 Å². The van der Waals surface area contributed by atoms with Crippen LogP contribution in [-0.4, -0.2) is 4.98 Å². The van der Waals surface area contributed by atoms with Gasteiger partial charge in [0.25, 0.3) is 0 Å². The van der Waals surface area contributed by atoms with Gasteiger partial charge in [0.15, 0.2) is 0 Å². The second-order valence-electron chi connectivity index (χ2n) is 4.52. The van der Waals surface area contributed by atoms with Crippen LogP contribution >= 0.6 is 11.6 Å². The van der Waals surface area contributed by atoms with Crippen LogP contribution in [0.1, 0.15) is 23.1 Å². The fraction of sp³-hybridized carbons (Fsp3) is 0.133. The fourth-order valence-electron chi connectivity index (χ4n) is 2.10. The Bertz CT molecular complexity index is 719. The minimum atomic E-state index is -0.385. The van der Waals surface area contributed by atoms with Crippen molar-refractivity contribution in [1.82, 2.24) is 4.98 Å². The molecular formula is C15H13ClN2O. The molecule has 2 N–H and O–H groups in total. The molecule has 0 saturated heterocycles. The fourth-order valence-corrected chi connectivity index (χ4v) is 2.21. The van der Waals surface area contributed by atoms with Gasteiger partial charge >= 0.3 is 0 Å². The summed E-state index contributed by atoms with van der Waals surface area (Å²) in [5.41, 5.74) is 8.89. The number of hydrogen-bond donors (Lipinski definition) is 1. The smallest absolute Gasteiger partial charge is 0.137 e. The molecule has 0 aliphatic heterocycles. The summed E-state index contributed by atoms with van der Waals surface area (Å²) in [6.45, 7) is 2.02. The van der Waals surface area contributed by atoms with Crippen molar-refractivity contribution in [2.24, 2.45) is 5.73 Å². The lowest BCUT2D eigenvalue weighted by atomic mass is 10.1. The molecule has 0 bridgehead atoms. The van der Waals surface area contributed by atoms with Crippen molar-refractivity contribution in [3.05, 3.63) is 64.6 Å². The Hall–Kier alpha value is -1.84. The van der Waals surface area contributed by atoms with Gasteiger partial charge in [-0.25, -0.2) is 0 Å². The largest absolute Gasteiger partial charge is 0.459 e. The van der Waals surface area contributed by atoms with Crippen molar-refractivity contribution in [2.45, 2.75) is 13.0 Å². The highest BCUT2D eigenvalue weighted by Gasteiger charge is 2.16. The number of benzene rings is 1. The zero-order valence-corrected chi connectivity index (χ0v) is 11.2. The molecule has 3 rings (SSSR count). The quantitative estimate of drug-likeness (QED) is 0.771. The highest BCUT2D eigenvalue weighted by Crippen LogP contribution is 2.28. The normalized spacial score (nSPS) is 12.8. The van der Waals surface area contributed by atoms with E-state index in [9.17, 15) is 0 Å². The van der Waals surface area contributed by atoms with E-state index in [0.717, 1.165) is 22.2 Å². The molecule has 3 aromatic rings. The summed E-state index contributed by atoms with van der Waals surface area (Å²) in [6.07, 6.45) is 1.59. The number of furan rings is 1. The van der Waals surface area contributed by atoms with E-state index in [1.54, 1.807) is 12.3 Å². The predicted octanol–water partition coefficient (Wildman–Crippen LogP) is 3.84. The van der Waals surface area contributed by atoms with Gasteiger partial charge in [-0.2, -0.15) is 0 Å². The van der Waals surface area contributed by atoms with Crippen molar-refractivity contribution in [1.29, 1.82) is 0 Å². The van der Waals surface area contributed by atoms with E-state index in [0.29, 0.717) is 10.8 Å². The van der Waals surface area contributed by atoms with Crippen LogP contribution in [-0.2, 0) is 0 Å².